The van der Waals surface area contributed by atoms with Crippen LogP contribution in [0.15, 0.2) is 29.2 Å². The molecule has 0 atom stereocenters. The molecular weight excluding hydrogens is 318 g/mol. The van der Waals surface area contributed by atoms with E-state index in [-0.39, 0.29) is 27.1 Å². The minimum atomic E-state index is -4.16. The average molecular weight is 330 g/mol. The van der Waals surface area contributed by atoms with Gasteiger partial charge in [-0.05, 0) is 25.1 Å². The monoisotopic (exact) mass is 329 g/mol. The summed E-state index contributed by atoms with van der Waals surface area (Å²) in [7, 11) is -2.65. The van der Waals surface area contributed by atoms with Crippen molar-refractivity contribution in [3.05, 3.63) is 40.7 Å². The number of rotatable bonds is 4. The van der Waals surface area contributed by atoms with E-state index >= 15 is 0 Å². The van der Waals surface area contributed by atoms with E-state index in [0.717, 1.165) is 0 Å². The minimum absolute atomic E-state index is 0.0365. The number of nitrogens with zero attached hydrogens (tertiary/aromatic N) is 2. The molecule has 112 valence electrons. The number of hydrogen-bond acceptors (Lipinski definition) is 5. The molecule has 0 radical (unpaired) electrons. The summed E-state index contributed by atoms with van der Waals surface area (Å²) >= 11 is 5.91. The Hall–Kier alpha value is -2.06. The van der Waals surface area contributed by atoms with Crippen LogP contribution < -0.4 is 9.92 Å². The Kier molecular flexibility index (Phi) is 3.93. The van der Waals surface area contributed by atoms with E-state index < -0.39 is 16.0 Å². The largest absolute Gasteiger partial charge is 0.379 e. The van der Waals surface area contributed by atoms with Crippen molar-refractivity contribution in [2.75, 3.05) is 0 Å². The molecule has 1 aromatic heterocycles. The quantitative estimate of drug-likeness (QED) is 0.850. The fourth-order valence-electron chi connectivity index (χ4n) is 1.76. The van der Waals surface area contributed by atoms with E-state index in [1.807, 2.05) is 0 Å². The maximum atomic E-state index is 12.3. The molecule has 9 heteroatoms. The Balaban J connectivity index is 2.42. The van der Waals surface area contributed by atoms with E-state index in [2.05, 4.69) is 5.10 Å². The van der Waals surface area contributed by atoms with Crippen LogP contribution in [0.1, 0.15) is 16.1 Å². The zero-order valence-corrected chi connectivity index (χ0v) is 12.8. The van der Waals surface area contributed by atoms with E-state index in [0.29, 0.717) is 0 Å². The molecule has 0 bridgehead atoms. The van der Waals surface area contributed by atoms with Gasteiger partial charge in [-0.3, -0.25) is 9.48 Å². The van der Waals surface area contributed by atoms with Gasteiger partial charge in [0.25, 0.3) is 0 Å². The first kappa shape index (κ1) is 15.3. The Morgan fingerprint density at radius 2 is 2.10 bits per heavy atom. The van der Waals surface area contributed by atoms with Crippen LogP contribution in [0.5, 0.6) is 5.75 Å². The first-order valence-electron chi connectivity index (χ1n) is 5.76. The molecule has 0 saturated carbocycles. The van der Waals surface area contributed by atoms with Crippen molar-refractivity contribution >= 4 is 27.6 Å². The fraction of sp³-hybridized carbons (Fsp3) is 0.167. The molecule has 2 aromatic rings. The summed E-state index contributed by atoms with van der Waals surface area (Å²) in [5.74, 6) is -0.723. The summed E-state index contributed by atoms with van der Waals surface area (Å²) in [6.07, 6.45) is 0. The van der Waals surface area contributed by atoms with Crippen LogP contribution in [0.4, 0.5) is 0 Å². The molecule has 21 heavy (non-hydrogen) atoms. The van der Waals surface area contributed by atoms with Crippen LogP contribution in [-0.2, 0) is 17.2 Å². The summed E-state index contributed by atoms with van der Waals surface area (Å²) in [4.78, 5) is 10.9. The molecule has 0 aliphatic carbocycles. The minimum Gasteiger partial charge on any atom is -0.379 e. The lowest BCUT2D eigenvalue weighted by Crippen LogP contribution is -2.13. The highest BCUT2D eigenvalue weighted by molar-refractivity contribution is 7.87. The van der Waals surface area contributed by atoms with Gasteiger partial charge >= 0.3 is 10.1 Å². The SMILES string of the molecule is Cc1nn(C)c(Cl)c1S(=O)(=O)Oc1cccc(C(N)=O)c1. The third kappa shape index (κ3) is 3.01. The second kappa shape index (κ2) is 5.38. The van der Waals surface area contributed by atoms with Crippen molar-refractivity contribution in [2.24, 2.45) is 12.8 Å². The second-order valence-corrected chi connectivity index (χ2v) is 6.10. The normalized spacial score (nSPS) is 11.4. The molecule has 2 rings (SSSR count). The van der Waals surface area contributed by atoms with Gasteiger partial charge in [-0.25, -0.2) is 0 Å². The molecule has 1 aromatic carbocycles. The molecule has 0 aliphatic rings. The maximum absolute atomic E-state index is 12.3. The standard InChI is InChI=1S/C12H12ClN3O4S/c1-7-10(11(13)16(2)15-7)21(18,19)20-9-5-3-4-8(6-9)12(14)17/h3-6H,1-2H3,(H2,14,17). The summed E-state index contributed by atoms with van der Waals surface area (Å²) in [6, 6.07) is 5.54. The van der Waals surface area contributed by atoms with E-state index in [1.165, 1.54) is 42.9 Å². The average Bonchev–Trinajstić information content (AvgIpc) is 2.63. The van der Waals surface area contributed by atoms with Gasteiger partial charge in [0.2, 0.25) is 5.91 Å². The molecule has 0 aliphatic heterocycles. The zero-order valence-electron chi connectivity index (χ0n) is 11.2. The number of hydrogen-bond donors (Lipinski definition) is 1. The second-order valence-electron chi connectivity index (χ2n) is 4.26. The summed E-state index contributed by atoms with van der Waals surface area (Å²) < 4.78 is 30.7. The Bertz CT molecular complexity index is 814. The first-order valence-corrected chi connectivity index (χ1v) is 7.54. The Morgan fingerprint density at radius 1 is 1.43 bits per heavy atom. The highest BCUT2D eigenvalue weighted by Gasteiger charge is 2.27. The van der Waals surface area contributed by atoms with Crippen molar-refractivity contribution in [2.45, 2.75) is 11.8 Å². The lowest BCUT2D eigenvalue weighted by atomic mass is 10.2. The van der Waals surface area contributed by atoms with Crippen LogP contribution >= 0.6 is 11.6 Å². The summed E-state index contributed by atoms with van der Waals surface area (Å²) in [5, 5.41) is 3.86. The van der Waals surface area contributed by atoms with Crippen molar-refractivity contribution < 1.29 is 17.4 Å². The van der Waals surface area contributed by atoms with Gasteiger partial charge in [-0.1, -0.05) is 17.7 Å². The fourth-order valence-corrected chi connectivity index (χ4v) is 3.40. The molecule has 7 nitrogen and oxygen atoms in total. The van der Waals surface area contributed by atoms with E-state index in [4.69, 9.17) is 21.5 Å². The highest BCUT2D eigenvalue weighted by Crippen LogP contribution is 2.27. The van der Waals surface area contributed by atoms with Gasteiger partial charge in [0.05, 0.1) is 5.69 Å². The lowest BCUT2D eigenvalue weighted by Gasteiger charge is -2.07. The van der Waals surface area contributed by atoms with E-state index in [1.54, 1.807) is 0 Å². The maximum Gasteiger partial charge on any atom is 0.344 e. The number of amides is 1. The topological polar surface area (TPSA) is 104 Å². The highest BCUT2D eigenvalue weighted by atomic mass is 35.5. The predicted molar refractivity (Wildman–Crippen MR) is 75.7 cm³/mol. The number of primary amides is 1. The van der Waals surface area contributed by atoms with Crippen molar-refractivity contribution in [1.82, 2.24) is 9.78 Å². The van der Waals surface area contributed by atoms with E-state index in [9.17, 15) is 13.2 Å². The molecule has 0 spiro atoms. The van der Waals surface area contributed by atoms with Crippen molar-refractivity contribution in [3.8, 4) is 5.75 Å². The Morgan fingerprint density at radius 3 is 2.62 bits per heavy atom. The lowest BCUT2D eigenvalue weighted by molar-refractivity contribution is 0.1000. The van der Waals surface area contributed by atoms with Crippen LogP contribution in [0, 0.1) is 6.92 Å². The van der Waals surface area contributed by atoms with Crippen LogP contribution in [0.3, 0.4) is 0 Å². The number of carbonyl (C=O) groups is 1. The number of aryl methyl sites for hydroxylation is 2. The van der Waals surface area contributed by atoms with Gasteiger partial charge in [-0.15, -0.1) is 0 Å². The van der Waals surface area contributed by atoms with Gasteiger partial charge in [0.1, 0.15) is 10.9 Å². The number of carbonyl (C=O) groups excluding carboxylic acids is 1. The van der Waals surface area contributed by atoms with Gasteiger partial charge in [-0.2, -0.15) is 13.5 Å². The van der Waals surface area contributed by atoms with Crippen molar-refractivity contribution in [1.29, 1.82) is 0 Å². The first-order chi connectivity index (χ1) is 9.72. The third-order valence-corrected chi connectivity index (χ3v) is 4.62. The van der Waals surface area contributed by atoms with Crippen LogP contribution in [0.25, 0.3) is 0 Å². The van der Waals surface area contributed by atoms with Gasteiger partial charge in [0, 0.05) is 12.6 Å². The van der Waals surface area contributed by atoms with Crippen molar-refractivity contribution in [3.63, 3.8) is 0 Å². The molecule has 0 fully saturated rings. The number of nitrogens with two attached hydrogens (primary N) is 1. The molecule has 1 amide bonds. The molecule has 0 saturated heterocycles. The predicted octanol–water partition coefficient (Wildman–Crippen LogP) is 1.25. The molecule has 0 unspecified atom stereocenters. The number of aromatic nitrogens is 2. The zero-order chi connectivity index (χ0) is 15.8. The smallest absolute Gasteiger partial charge is 0.344 e. The summed E-state index contributed by atoms with van der Waals surface area (Å²) in [5.41, 5.74) is 5.48. The Labute approximate surface area is 126 Å². The molecule has 1 heterocycles. The number of benzene rings is 1. The third-order valence-electron chi connectivity index (χ3n) is 2.67. The summed E-state index contributed by atoms with van der Waals surface area (Å²) in [6.45, 7) is 1.50. The van der Waals surface area contributed by atoms with Crippen LogP contribution in [-0.4, -0.2) is 24.1 Å². The molecule has 2 N–H and O–H groups in total. The van der Waals surface area contributed by atoms with Crippen LogP contribution in [0.2, 0.25) is 5.15 Å². The number of halogens is 1. The molecular formula is C12H12ClN3O4S. The van der Waals surface area contributed by atoms with Gasteiger partial charge < -0.3 is 9.92 Å². The van der Waals surface area contributed by atoms with Gasteiger partial charge in [0.15, 0.2) is 4.90 Å².